The Kier molecular flexibility index (Phi) is 3.76. The van der Waals surface area contributed by atoms with Gasteiger partial charge in [0, 0.05) is 0 Å². The molecule has 0 saturated heterocycles. The van der Waals surface area contributed by atoms with Crippen molar-refractivity contribution in [3.63, 3.8) is 0 Å². The van der Waals surface area contributed by atoms with Gasteiger partial charge < -0.3 is 5.11 Å². The van der Waals surface area contributed by atoms with E-state index in [0.717, 1.165) is 12.1 Å². The Balaban J connectivity index is 2.47. The van der Waals surface area contributed by atoms with Crippen molar-refractivity contribution in [2.75, 3.05) is 0 Å². The van der Waals surface area contributed by atoms with Crippen LogP contribution in [0.1, 0.15) is 0 Å². The van der Waals surface area contributed by atoms with Gasteiger partial charge >= 0.3 is 0 Å². The molecule has 0 atom stereocenters. The molecule has 0 amide bonds. The molecule has 0 spiro atoms. The zero-order valence-electron chi connectivity index (χ0n) is 10.3. The Morgan fingerprint density at radius 1 is 0.714 bits per heavy atom. The van der Waals surface area contributed by atoms with Gasteiger partial charge in [0.25, 0.3) is 20.2 Å². The van der Waals surface area contributed by atoms with E-state index in [1.165, 1.54) is 30.3 Å². The fourth-order valence-corrected chi connectivity index (χ4v) is 2.78. The first-order chi connectivity index (χ1) is 9.59. The highest BCUT2D eigenvalue weighted by Gasteiger charge is 2.16. The molecule has 0 radical (unpaired) electrons. The molecule has 0 bridgehead atoms. The summed E-state index contributed by atoms with van der Waals surface area (Å²) in [6.45, 7) is 0. The lowest BCUT2D eigenvalue weighted by atomic mass is 10.1. The van der Waals surface area contributed by atoms with E-state index in [1.54, 1.807) is 0 Å². The maximum absolute atomic E-state index is 11.0. The summed E-state index contributed by atoms with van der Waals surface area (Å²) in [6, 6.07) is 8.57. The summed E-state index contributed by atoms with van der Waals surface area (Å²) in [5.41, 5.74) is 0.890. The molecule has 0 aliphatic rings. The normalized spacial score (nSPS) is 12.3. The Morgan fingerprint density at radius 2 is 1.24 bits per heavy atom. The maximum Gasteiger partial charge on any atom is 0.298 e. The zero-order valence-corrected chi connectivity index (χ0v) is 12.0. The van der Waals surface area contributed by atoms with E-state index in [9.17, 15) is 21.9 Å². The second-order valence-corrected chi connectivity index (χ2v) is 6.97. The fourth-order valence-electron chi connectivity index (χ4n) is 1.73. The number of benzene rings is 2. The van der Waals surface area contributed by atoms with Crippen LogP contribution in [0.15, 0.2) is 52.3 Å². The van der Waals surface area contributed by atoms with E-state index in [2.05, 4.69) is 0 Å². The van der Waals surface area contributed by atoms with Crippen LogP contribution >= 0.6 is 0 Å². The smallest absolute Gasteiger partial charge is 0.298 e. The average molecular weight is 330 g/mol. The predicted octanol–water partition coefficient (Wildman–Crippen LogP) is 1.55. The quantitative estimate of drug-likeness (QED) is 0.728. The molecule has 0 saturated carbocycles. The second kappa shape index (κ2) is 5.11. The largest absolute Gasteiger partial charge is 0.506 e. The number of rotatable bonds is 3. The molecule has 0 aliphatic carbocycles. The summed E-state index contributed by atoms with van der Waals surface area (Å²) in [5.74, 6) is -0.631. The third kappa shape index (κ3) is 3.39. The van der Waals surface area contributed by atoms with Gasteiger partial charge in [-0.1, -0.05) is 18.2 Å². The minimum absolute atomic E-state index is 0.287. The van der Waals surface area contributed by atoms with Crippen LogP contribution in [0.5, 0.6) is 5.75 Å². The zero-order chi connectivity index (χ0) is 15.8. The number of hydrogen-bond acceptors (Lipinski definition) is 5. The molecular formula is C12H10O7S2. The van der Waals surface area contributed by atoms with Crippen molar-refractivity contribution >= 4 is 20.2 Å². The van der Waals surface area contributed by atoms with E-state index in [4.69, 9.17) is 9.11 Å². The highest BCUT2D eigenvalue weighted by Crippen LogP contribution is 2.29. The SMILES string of the molecule is O=S(=O)(O)c1ccc(-c2ccc(S(=O)(=O)O)c(O)c2)cc1. The number of phenolic OH excluding ortho intramolecular Hbond substituents is 1. The molecule has 3 N–H and O–H groups in total. The van der Waals surface area contributed by atoms with Crippen molar-refractivity contribution in [3.8, 4) is 16.9 Å². The van der Waals surface area contributed by atoms with Crippen molar-refractivity contribution < 1.29 is 31.0 Å². The summed E-state index contributed by atoms with van der Waals surface area (Å²) < 4.78 is 61.5. The van der Waals surface area contributed by atoms with Crippen molar-refractivity contribution in [1.29, 1.82) is 0 Å². The molecule has 2 aromatic carbocycles. The van der Waals surface area contributed by atoms with Crippen LogP contribution in [-0.4, -0.2) is 31.0 Å². The third-order valence-electron chi connectivity index (χ3n) is 2.72. The molecule has 2 rings (SSSR count). The van der Waals surface area contributed by atoms with Gasteiger partial charge in [-0.2, -0.15) is 16.8 Å². The van der Waals surface area contributed by atoms with Crippen LogP contribution in [0.4, 0.5) is 0 Å². The molecule has 0 aromatic heterocycles. The summed E-state index contributed by atoms with van der Waals surface area (Å²) >= 11 is 0. The van der Waals surface area contributed by atoms with Gasteiger partial charge in [-0.3, -0.25) is 9.11 Å². The molecule has 0 fully saturated rings. The van der Waals surface area contributed by atoms with Crippen LogP contribution < -0.4 is 0 Å². The topological polar surface area (TPSA) is 129 Å². The first kappa shape index (κ1) is 15.4. The Labute approximate surface area is 121 Å². The molecule has 112 valence electrons. The van der Waals surface area contributed by atoms with Gasteiger partial charge in [0.1, 0.15) is 10.6 Å². The molecular weight excluding hydrogens is 320 g/mol. The van der Waals surface area contributed by atoms with E-state index < -0.39 is 30.9 Å². The average Bonchev–Trinajstić information content (AvgIpc) is 2.36. The first-order valence-electron chi connectivity index (χ1n) is 5.47. The highest BCUT2D eigenvalue weighted by molar-refractivity contribution is 7.86. The van der Waals surface area contributed by atoms with Gasteiger partial charge in [0.05, 0.1) is 4.90 Å². The van der Waals surface area contributed by atoms with Crippen molar-refractivity contribution in [3.05, 3.63) is 42.5 Å². The first-order valence-corrected chi connectivity index (χ1v) is 8.35. The lowest BCUT2D eigenvalue weighted by Crippen LogP contribution is -1.99. The molecule has 0 heterocycles. The van der Waals surface area contributed by atoms with E-state index in [0.29, 0.717) is 11.1 Å². The Bertz CT molecular complexity index is 882. The number of phenols is 1. The van der Waals surface area contributed by atoms with E-state index in [-0.39, 0.29) is 4.90 Å². The van der Waals surface area contributed by atoms with Crippen molar-refractivity contribution in [2.45, 2.75) is 9.79 Å². The molecule has 0 unspecified atom stereocenters. The number of hydrogen-bond donors (Lipinski definition) is 3. The lowest BCUT2D eigenvalue weighted by molar-refractivity contribution is 0.443. The van der Waals surface area contributed by atoms with Gasteiger partial charge in [0.15, 0.2) is 0 Å². The van der Waals surface area contributed by atoms with Gasteiger partial charge in [-0.25, -0.2) is 0 Å². The molecule has 2 aromatic rings. The summed E-state index contributed by atoms with van der Waals surface area (Å²) in [5, 5.41) is 9.60. The van der Waals surface area contributed by atoms with Crippen LogP contribution in [-0.2, 0) is 20.2 Å². The molecule has 21 heavy (non-hydrogen) atoms. The lowest BCUT2D eigenvalue weighted by Gasteiger charge is -2.06. The standard InChI is InChI=1S/C12H10O7S2/c13-11-7-9(3-6-12(11)21(17,18)19)8-1-4-10(5-2-8)20(14,15)16/h1-7,13H,(H,14,15,16)(H,17,18,19). The minimum Gasteiger partial charge on any atom is -0.506 e. The summed E-state index contributed by atoms with van der Waals surface area (Å²) in [4.78, 5) is -0.911. The highest BCUT2D eigenvalue weighted by atomic mass is 32.2. The van der Waals surface area contributed by atoms with Gasteiger partial charge in [-0.15, -0.1) is 0 Å². The maximum atomic E-state index is 11.0. The fraction of sp³-hybridized carbons (Fsp3) is 0. The summed E-state index contributed by atoms with van der Waals surface area (Å²) in [7, 11) is -8.82. The second-order valence-electron chi connectivity index (χ2n) is 4.16. The number of aromatic hydroxyl groups is 1. The van der Waals surface area contributed by atoms with Crippen molar-refractivity contribution in [1.82, 2.24) is 0 Å². The molecule has 9 heteroatoms. The van der Waals surface area contributed by atoms with E-state index >= 15 is 0 Å². The predicted molar refractivity (Wildman–Crippen MR) is 73.2 cm³/mol. The van der Waals surface area contributed by atoms with Crippen LogP contribution in [0.2, 0.25) is 0 Å². The molecule has 7 nitrogen and oxygen atoms in total. The monoisotopic (exact) mass is 330 g/mol. The molecule has 0 aliphatic heterocycles. The van der Waals surface area contributed by atoms with Gasteiger partial charge in [0.2, 0.25) is 0 Å². The minimum atomic E-state index is -4.52. The van der Waals surface area contributed by atoms with Crippen LogP contribution in [0.3, 0.4) is 0 Å². The van der Waals surface area contributed by atoms with Gasteiger partial charge in [-0.05, 0) is 35.4 Å². The van der Waals surface area contributed by atoms with Crippen LogP contribution in [0, 0.1) is 0 Å². The van der Waals surface area contributed by atoms with E-state index in [1.807, 2.05) is 0 Å². The third-order valence-corrected chi connectivity index (χ3v) is 4.49. The van der Waals surface area contributed by atoms with Crippen LogP contribution in [0.25, 0.3) is 11.1 Å². The summed E-state index contributed by atoms with van der Waals surface area (Å²) in [6.07, 6.45) is 0. The van der Waals surface area contributed by atoms with Crippen molar-refractivity contribution in [2.24, 2.45) is 0 Å². The Hall–Kier alpha value is -1.94. The Morgan fingerprint density at radius 3 is 1.67 bits per heavy atom.